The summed E-state index contributed by atoms with van der Waals surface area (Å²) in [5.41, 5.74) is 2.01. The first kappa shape index (κ1) is 31.5. The van der Waals surface area contributed by atoms with Crippen molar-refractivity contribution < 1.29 is 26.3 Å². The molecule has 4 N–H and O–H groups in total. The van der Waals surface area contributed by atoms with Crippen molar-refractivity contribution in [2.45, 2.75) is 36.5 Å². The molecule has 1 aliphatic heterocycles. The standard InChI is InChI=1S/C29H37F3N6O3S/c1-33-14-15-35-42(39,40)23-9-10-26(28(19-23)41-3)34-13-5-6-22-18-24-25(36-21-11-16-37(2)17-12-21)7-4-8-27(24)38(22)20-29(30,31)32/h4,7-10,18-19,21,33-36H,11-17,20H2,1-3H3. The maximum absolute atomic E-state index is 13.6. The number of halogens is 3. The Bertz CT molecular complexity index is 1540. The van der Waals surface area contributed by atoms with Crippen LogP contribution in [0.5, 0.6) is 5.75 Å². The second kappa shape index (κ2) is 13.7. The van der Waals surface area contributed by atoms with Crippen LogP contribution in [0.4, 0.5) is 24.5 Å². The number of sulfonamides is 1. The van der Waals surface area contributed by atoms with E-state index in [2.05, 4.69) is 44.5 Å². The van der Waals surface area contributed by atoms with E-state index in [4.69, 9.17) is 4.74 Å². The molecule has 42 heavy (non-hydrogen) atoms. The number of likely N-dealkylation sites (tertiary alicyclic amines) is 1. The quantitative estimate of drug-likeness (QED) is 0.195. The van der Waals surface area contributed by atoms with Gasteiger partial charge in [0.15, 0.2) is 0 Å². The van der Waals surface area contributed by atoms with Crippen LogP contribution >= 0.6 is 0 Å². The van der Waals surface area contributed by atoms with E-state index < -0.39 is 22.7 Å². The highest BCUT2D eigenvalue weighted by atomic mass is 32.2. The van der Waals surface area contributed by atoms with Crippen molar-refractivity contribution in [3.05, 3.63) is 48.2 Å². The van der Waals surface area contributed by atoms with E-state index in [1.54, 1.807) is 31.3 Å². The van der Waals surface area contributed by atoms with E-state index in [-0.39, 0.29) is 29.7 Å². The maximum atomic E-state index is 13.6. The highest BCUT2D eigenvalue weighted by Gasteiger charge is 2.30. The van der Waals surface area contributed by atoms with E-state index in [0.29, 0.717) is 28.9 Å². The molecule has 1 aliphatic rings. The van der Waals surface area contributed by atoms with Crippen LogP contribution in [-0.4, -0.2) is 84.0 Å². The van der Waals surface area contributed by atoms with Crippen LogP contribution in [0.2, 0.25) is 0 Å². The molecule has 2 aromatic carbocycles. The van der Waals surface area contributed by atoms with Crippen LogP contribution in [0.15, 0.2) is 47.4 Å². The predicted octanol–water partition coefficient (Wildman–Crippen LogP) is 3.68. The number of piperidine rings is 1. The molecule has 13 heteroatoms. The Morgan fingerprint density at radius 1 is 1.07 bits per heavy atom. The number of aromatic nitrogens is 1. The average molecular weight is 607 g/mol. The molecule has 1 fully saturated rings. The minimum Gasteiger partial charge on any atom is -0.495 e. The van der Waals surface area contributed by atoms with Gasteiger partial charge in [0.25, 0.3) is 0 Å². The summed E-state index contributed by atoms with van der Waals surface area (Å²) in [6.45, 7) is 1.58. The zero-order valence-electron chi connectivity index (χ0n) is 23.9. The van der Waals surface area contributed by atoms with Gasteiger partial charge in [-0.1, -0.05) is 12.0 Å². The van der Waals surface area contributed by atoms with Gasteiger partial charge in [0.05, 0.1) is 35.4 Å². The topological polar surface area (TPSA) is 99.7 Å². The molecule has 1 saturated heterocycles. The SMILES string of the molecule is CNCCNS(=O)(=O)c1ccc(NCC#Cc2cc3c(NC4CCN(C)CC4)cccc3n2CC(F)(F)F)c(OC)c1. The van der Waals surface area contributed by atoms with Crippen LogP contribution < -0.4 is 25.4 Å². The summed E-state index contributed by atoms with van der Waals surface area (Å²) < 4.78 is 74.8. The Morgan fingerprint density at radius 2 is 1.83 bits per heavy atom. The zero-order valence-corrected chi connectivity index (χ0v) is 24.8. The molecule has 0 spiro atoms. The van der Waals surface area contributed by atoms with Crippen LogP contribution in [0.3, 0.4) is 0 Å². The summed E-state index contributed by atoms with van der Waals surface area (Å²) in [4.78, 5) is 2.31. The van der Waals surface area contributed by atoms with Crippen molar-refractivity contribution in [3.63, 3.8) is 0 Å². The minimum atomic E-state index is -4.42. The Hall–Kier alpha value is -3.44. The number of ether oxygens (including phenoxy) is 1. The zero-order chi connectivity index (χ0) is 30.3. The Kier molecular flexibility index (Phi) is 10.3. The van der Waals surface area contributed by atoms with Gasteiger partial charge in [-0.25, -0.2) is 13.1 Å². The molecule has 2 heterocycles. The lowest BCUT2D eigenvalue weighted by atomic mass is 10.0. The summed E-state index contributed by atoms with van der Waals surface area (Å²) in [6.07, 6.45) is -2.51. The fourth-order valence-corrected chi connectivity index (χ4v) is 5.94. The Balaban J connectivity index is 1.54. The van der Waals surface area contributed by atoms with Crippen LogP contribution in [0.1, 0.15) is 18.5 Å². The summed E-state index contributed by atoms with van der Waals surface area (Å²) in [5.74, 6) is 6.10. The van der Waals surface area contributed by atoms with Gasteiger partial charge in [-0.05, 0) is 76.3 Å². The molecule has 9 nitrogen and oxygen atoms in total. The van der Waals surface area contributed by atoms with Crippen molar-refractivity contribution in [1.29, 1.82) is 0 Å². The predicted molar refractivity (Wildman–Crippen MR) is 160 cm³/mol. The second-order valence-corrected chi connectivity index (χ2v) is 12.0. The number of nitrogens with zero attached hydrogens (tertiary/aromatic N) is 2. The first-order chi connectivity index (χ1) is 20.0. The number of alkyl halides is 3. The number of fused-ring (bicyclic) bond motifs is 1. The molecule has 4 rings (SSSR count). The number of rotatable bonds is 11. The first-order valence-electron chi connectivity index (χ1n) is 13.7. The van der Waals surface area contributed by atoms with E-state index in [1.165, 1.54) is 23.8 Å². The molecule has 228 valence electrons. The summed E-state index contributed by atoms with van der Waals surface area (Å²) in [5, 5.41) is 10.2. The molecule has 3 aromatic rings. The van der Waals surface area contributed by atoms with Gasteiger partial charge in [-0.15, -0.1) is 0 Å². The van der Waals surface area contributed by atoms with Crippen LogP contribution in [0, 0.1) is 11.8 Å². The van der Waals surface area contributed by atoms with E-state index >= 15 is 0 Å². The molecule has 0 radical (unpaired) electrons. The lowest BCUT2D eigenvalue weighted by Crippen LogP contribution is -2.36. The molecular formula is C29H37F3N6O3S. The number of nitrogens with one attached hydrogen (secondary N) is 4. The number of methoxy groups -OCH3 is 1. The van der Waals surface area contributed by atoms with Gasteiger partial charge in [0.2, 0.25) is 10.0 Å². The molecule has 0 saturated carbocycles. The summed E-state index contributed by atoms with van der Waals surface area (Å²) in [6, 6.07) is 11.7. The molecule has 0 bridgehead atoms. The number of benzene rings is 2. The van der Waals surface area contributed by atoms with Crippen molar-refractivity contribution in [2.75, 3.05) is 64.6 Å². The van der Waals surface area contributed by atoms with Gasteiger partial charge < -0.3 is 30.2 Å². The number of anilines is 2. The fraction of sp³-hybridized carbons (Fsp3) is 0.448. The second-order valence-electron chi connectivity index (χ2n) is 10.2. The Morgan fingerprint density at radius 3 is 2.52 bits per heavy atom. The van der Waals surface area contributed by atoms with E-state index in [1.807, 2.05) is 6.07 Å². The van der Waals surface area contributed by atoms with Gasteiger partial charge in [-0.3, -0.25) is 0 Å². The van der Waals surface area contributed by atoms with Crippen molar-refractivity contribution >= 4 is 32.3 Å². The number of hydrogen-bond donors (Lipinski definition) is 4. The highest BCUT2D eigenvalue weighted by Crippen LogP contribution is 2.31. The third-order valence-corrected chi connectivity index (χ3v) is 8.55. The largest absolute Gasteiger partial charge is 0.495 e. The normalized spacial score (nSPS) is 14.9. The monoisotopic (exact) mass is 606 g/mol. The molecular weight excluding hydrogens is 569 g/mol. The van der Waals surface area contributed by atoms with Crippen molar-refractivity contribution in [1.82, 2.24) is 19.5 Å². The van der Waals surface area contributed by atoms with Crippen molar-refractivity contribution in [3.8, 4) is 17.6 Å². The van der Waals surface area contributed by atoms with E-state index in [9.17, 15) is 21.6 Å². The lowest BCUT2D eigenvalue weighted by Gasteiger charge is -2.30. The lowest BCUT2D eigenvalue weighted by molar-refractivity contribution is -0.140. The minimum absolute atomic E-state index is 0.0495. The molecule has 0 atom stereocenters. The molecule has 0 unspecified atom stereocenters. The van der Waals surface area contributed by atoms with Gasteiger partial charge in [-0.2, -0.15) is 13.2 Å². The highest BCUT2D eigenvalue weighted by molar-refractivity contribution is 7.89. The smallest absolute Gasteiger partial charge is 0.406 e. The van der Waals surface area contributed by atoms with Crippen molar-refractivity contribution in [2.24, 2.45) is 0 Å². The van der Waals surface area contributed by atoms with Crippen LogP contribution in [-0.2, 0) is 16.6 Å². The summed E-state index contributed by atoms with van der Waals surface area (Å²) >= 11 is 0. The third kappa shape index (κ3) is 8.10. The molecule has 1 aromatic heterocycles. The number of hydrogen-bond acceptors (Lipinski definition) is 7. The maximum Gasteiger partial charge on any atom is 0.406 e. The average Bonchev–Trinajstić information content (AvgIpc) is 3.29. The summed E-state index contributed by atoms with van der Waals surface area (Å²) in [7, 11) is 1.50. The molecule has 0 amide bonds. The Labute approximate surface area is 244 Å². The fourth-order valence-electron chi connectivity index (χ4n) is 4.89. The van der Waals surface area contributed by atoms with Crippen LogP contribution in [0.25, 0.3) is 10.9 Å². The van der Waals surface area contributed by atoms with E-state index in [0.717, 1.165) is 31.6 Å². The third-order valence-electron chi connectivity index (χ3n) is 7.10. The van der Waals surface area contributed by atoms with Gasteiger partial charge in [0.1, 0.15) is 12.3 Å². The molecule has 0 aliphatic carbocycles. The van der Waals surface area contributed by atoms with Gasteiger partial charge >= 0.3 is 6.18 Å². The number of likely N-dealkylation sites (N-methyl/N-ethyl adjacent to an activating group) is 1. The van der Waals surface area contributed by atoms with Gasteiger partial charge in [0, 0.05) is 36.3 Å². The first-order valence-corrected chi connectivity index (χ1v) is 15.2.